The first-order valence-corrected chi connectivity index (χ1v) is 19.4. The van der Waals surface area contributed by atoms with Crippen molar-refractivity contribution in [3.63, 3.8) is 0 Å². The number of hydrogen-bond acceptors (Lipinski definition) is 0. The number of aromatic nitrogens is 3. The molecule has 2 spiro atoms. The van der Waals surface area contributed by atoms with E-state index in [0.29, 0.717) is 0 Å². The van der Waals surface area contributed by atoms with Gasteiger partial charge < -0.3 is 0 Å². The Morgan fingerprint density at radius 3 is 1.93 bits per heavy atom. The van der Waals surface area contributed by atoms with E-state index in [9.17, 15) is 0 Å². The second-order valence-electron chi connectivity index (χ2n) is 16.1. The smallest absolute Gasteiger partial charge is 0.187 e. The maximum atomic E-state index is 2.68. The van der Waals surface area contributed by atoms with Crippen molar-refractivity contribution in [2.75, 3.05) is 0 Å². The van der Waals surface area contributed by atoms with Crippen molar-refractivity contribution >= 4 is 38.1 Å². The highest BCUT2D eigenvalue weighted by molar-refractivity contribution is 6.18. The van der Waals surface area contributed by atoms with E-state index >= 15 is 0 Å². The summed E-state index contributed by atoms with van der Waals surface area (Å²) in [5.74, 6) is 0. The van der Waals surface area contributed by atoms with Crippen molar-refractivity contribution < 1.29 is 9.13 Å². The zero-order chi connectivity index (χ0) is 35.9. The van der Waals surface area contributed by atoms with Gasteiger partial charge in [0.25, 0.3) is 0 Å². The van der Waals surface area contributed by atoms with Crippen molar-refractivity contribution in [1.29, 1.82) is 0 Å². The van der Waals surface area contributed by atoms with E-state index in [1.165, 1.54) is 116 Å². The summed E-state index contributed by atoms with van der Waals surface area (Å²) in [6.45, 7) is 4.54. The Morgan fingerprint density at radius 1 is 0.509 bits per heavy atom. The first-order chi connectivity index (χ1) is 27.1. The zero-order valence-corrected chi connectivity index (χ0v) is 30.4. The Labute approximate surface area is 317 Å². The molecule has 0 N–H and O–H groups in total. The van der Waals surface area contributed by atoms with Gasteiger partial charge in [0.05, 0.1) is 27.5 Å². The standard InChI is InChI=1S/C52H33N3/c1-30-13-11-14-31(2)46(30)45-29-54-50-47-36(38-27-32-15-3-4-16-33(32)28-44(38)55(45)50)24-25-42-49(47)52(54)48-37(43-23-9-10-26-53(43)52)19-12-22-41(48)51(42)39-20-7-5-17-34(39)35-18-6-8-21-40(35)51/h3-29H,1-2H3/q+2. The number of imidazole rings is 1. The van der Waals surface area contributed by atoms with E-state index in [2.05, 4.69) is 191 Å². The molecule has 14 rings (SSSR count). The van der Waals surface area contributed by atoms with E-state index < -0.39 is 11.1 Å². The van der Waals surface area contributed by atoms with Crippen LogP contribution >= 0.6 is 0 Å². The predicted molar refractivity (Wildman–Crippen MR) is 220 cm³/mol. The number of pyridine rings is 2. The third kappa shape index (κ3) is 2.90. The largest absolute Gasteiger partial charge is 0.365 e. The van der Waals surface area contributed by atoms with Gasteiger partial charge in [-0.15, -0.1) is 4.57 Å². The summed E-state index contributed by atoms with van der Waals surface area (Å²) in [5.41, 5.74) is 20.0. The molecule has 3 nitrogen and oxygen atoms in total. The zero-order valence-electron chi connectivity index (χ0n) is 30.4. The van der Waals surface area contributed by atoms with E-state index in [4.69, 9.17) is 0 Å². The molecule has 0 amide bonds. The number of rotatable bonds is 1. The maximum absolute atomic E-state index is 2.68. The lowest BCUT2D eigenvalue weighted by Gasteiger charge is -2.42. The molecular weight excluding hydrogens is 667 g/mol. The van der Waals surface area contributed by atoms with Crippen LogP contribution in [0.2, 0.25) is 0 Å². The van der Waals surface area contributed by atoms with Gasteiger partial charge in [0.2, 0.25) is 5.69 Å². The molecule has 1 atom stereocenters. The van der Waals surface area contributed by atoms with Crippen LogP contribution in [0.25, 0.3) is 71.7 Å². The second-order valence-corrected chi connectivity index (χ2v) is 16.1. The molecule has 0 saturated heterocycles. The monoisotopic (exact) mass is 699 g/mol. The second kappa shape index (κ2) is 9.26. The third-order valence-electron chi connectivity index (χ3n) is 13.8. The first-order valence-electron chi connectivity index (χ1n) is 19.4. The molecule has 0 radical (unpaired) electrons. The van der Waals surface area contributed by atoms with Gasteiger partial charge in [0.1, 0.15) is 11.7 Å². The Kier molecular flexibility index (Phi) is 4.82. The van der Waals surface area contributed by atoms with Crippen molar-refractivity contribution in [1.82, 2.24) is 4.40 Å². The average Bonchev–Trinajstić information content (AvgIpc) is 3.93. The lowest BCUT2D eigenvalue weighted by Crippen LogP contribution is -2.73. The molecule has 3 aromatic heterocycles. The van der Waals surface area contributed by atoms with Crippen LogP contribution in [0, 0.1) is 13.8 Å². The number of benzene rings is 7. The third-order valence-corrected chi connectivity index (χ3v) is 13.8. The summed E-state index contributed by atoms with van der Waals surface area (Å²) in [5, 5.41) is 6.46. The quantitative estimate of drug-likeness (QED) is 0.0919. The SMILES string of the molecule is Cc1cccc(C)c1-c1c[n+]2c3c4c5c(ccc4c4cc6ccccc6cc4n13)C1(c3ccccc3-c3ccccc31)c1cccc3c1C52[n+]1ccccc1-3. The normalized spacial score (nSPS) is 17.1. The molecule has 7 aromatic carbocycles. The fourth-order valence-electron chi connectivity index (χ4n) is 12.0. The van der Waals surface area contributed by atoms with Gasteiger partial charge in [-0.05, 0) is 93.4 Å². The molecule has 0 bridgehead atoms. The fourth-order valence-corrected chi connectivity index (χ4v) is 12.0. The molecule has 1 unspecified atom stereocenters. The van der Waals surface area contributed by atoms with Crippen molar-refractivity contribution in [3.8, 4) is 33.6 Å². The molecule has 5 heterocycles. The molecular formula is C52H33N3+2. The lowest BCUT2D eigenvalue weighted by atomic mass is 9.58. The topological polar surface area (TPSA) is 12.2 Å². The predicted octanol–water partition coefficient (Wildman–Crippen LogP) is 10.5. The summed E-state index contributed by atoms with van der Waals surface area (Å²) in [7, 11) is 0. The molecule has 55 heavy (non-hydrogen) atoms. The Hall–Kier alpha value is -6.84. The van der Waals surface area contributed by atoms with Crippen LogP contribution in [0.5, 0.6) is 0 Å². The van der Waals surface area contributed by atoms with Crippen molar-refractivity contribution in [2.45, 2.75) is 24.9 Å². The summed E-state index contributed by atoms with van der Waals surface area (Å²) in [4.78, 5) is 0. The van der Waals surface area contributed by atoms with Gasteiger partial charge in [-0.1, -0.05) is 115 Å². The summed E-state index contributed by atoms with van der Waals surface area (Å²) < 4.78 is 7.91. The molecule has 2 aliphatic carbocycles. The Balaban J connectivity index is 1.30. The van der Waals surface area contributed by atoms with Gasteiger partial charge >= 0.3 is 11.3 Å². The van der Waals surface area contributed by atoms with Crippen LogP contribution in [-0.2, 0) is 11.1 Å². The molecule has 3 heteroatoms. The van der Waals surface area contributed by atoms with Crippen LogP contribution < -0.4 is 9.13 Å². The van der Waals surface area contributed by atoms with Crippen molar-refractivity contribution in [2.24, 2.45) is 0 Å². The summed E-state index contributed by atoms with van der Waals surface area (Å²) in [6.07, 6.45) is 4.85. The molecule has 10 aromatic rings. The summed E-state index contributed by atoms with van der Waals surface area (Å²) in [6, 6.07) is 57.7. The van der Waals surface area contributed by atoms with Gasteiger partial charge in [0.15, 0.2) is 11.9 Å². The van der Waals surface area contributed by atoms with E-state index in [1.54, 1.807) is 0 Å². The Morgan fingerprint density at radius 2 is 1.15 bits per heavy atom. The highest BCUT2D eigenvalue weighted by atomic mass is 15.3. The molecule has 4 aliphatic rings. The Bertz CT molecular complexity index is 3410. The molecule has 0 saturated carbocycles. The van der Waals surface area contributed by atoms with E-state index in [0.717, 1.165) is 0 Å². The van der Waals surface area contributed by atoms with Crippen molar-refractivity contribution in [3.05, 3.63) is 209 Å². The molecule has 2 aliphatic heterocycles. The molecule has 0 fully saturated rings. The number of fused-ring (bicyclic) bond motifs is 13. The average molecular weight is 700 g/mol. The van der Waals surface area contributed by atoms with Crippen LogP contribution in [0.3, 0.4) is 0 Å². The minimum atomic E-state index is -0.631. The number of hydrogen-bond donors (Lipinski definition) is 0. The minimum Gasteiger partial charge on any atom is -0.187 e. The lowest BCUT2D eigenvalue weighted by molar-refractivity contribution is -0.950. The van der Waals surface area contributed by atoms with Gasteiger partial charge in [-0.2, -0.15) is 8.97 Å². The maximum Gasteiger partial charge on any atom is 0.365 e. The van der Waals surface area contributed by atoms with Crippen LogP contribution in [-0.4, -0.2) is 4.40 Å². The number of aryl methyl sites for hydroxylation is 2. The minimum absolute atomic E-state index is 0.483. The van der Waals surface area contributed by atoms with Gasteiger partial charge in [0, 0.05) is 28.5 Å². The number of nitrogens with zero attached hydrogens (tertiary/aromatic N) is 3. The van der Waals surface area contributed by atoms with Gasteiger partial charge in [-0.25, -0.2) is 0 Å². The first kappa shape index (κ1) is 28.6. The van der Waals surface area contributed by atoms with Crippen LogP contribution in [0.1, 0.15) is 44.5 Å². The van der Waals surface area contributed by atoms with Crippen LogP contribution in [0.15, 0.2) is 164 Å². The molecule has 254 valence electrons. The summed E-state index contributed by atoms with van der Waals surface area (Å²) >= 11 is 0. The van der Waals surface area contributed by atoms with E-state index in [-0.39, 0.29) is 0 Å². The highest BCUT2D eigenvalue weighted by Gasteiger charge is 2.71. The fraction of sp³-hybridized carbons (Fsp3) is 0.0769. The van der Waals surface area contributed by atoms with Gasteiger partial charge in [-0.3, -0.25) is 0 Å². The highest BCUT2D eigenvalue weighted by Crippen LogP contribution is 2.65. The van der Waals surface area contributed by atoms with E-state index in [1.807, 2.05) is 0 Å². The van der Waals surface area contributed by atoms with Crippen LogP contribution in [0.4, 0.5) is 0 Å².